The van der Waals surface area contributed by atoms with E-state index in [4.69, 9.17) is 4.74 Å². The predicted molar refractivity (Wildman–Crippen MR) is 62.3 cm³/mol. The first-order valence-corrected chi connectivity index (χ1v) is 5.83. The molecule has 0 amide bonds. The number of benzene rings is 1. The van der Waals surface area contributed by atoms with Gasteiger partial charge in [0.15, 0.2) is 5.78 Å². The highest BCUT2D eigenvalue weighted by Gasteiger charge is 2.26. The van der Waals surface area contributed by atoms with E-state index in [1.807, 2.05) is 11.9 Å². The van der Waals surface area contributed by atoms with Gasteiger partial charge in [0.1, 0.15) is 17.7 Å². The number of carbonyl (C=O) groups excluding carboxylic acids is 1. The van der Waals surface area contributed by atoms with Crippen LogP contribution in [0.5, 0.6) is 0 Å². The van der Waals surface area contributed by atoms with E-state index < -0.39 is 17.7 Å². The Kier molecular flexibility index (Phi) is 4.04. The smallest absolute Gasteiger partial charge is 0.167 e. The highest BCUT2D eigenvalue weighted by molar-refractivity contribution is 5.85. The minimum absolute atomic E-state index is 0.181. The van der Waals surface area contributed by atoms with E-state index in [0.29, 0.717) is 13.2 Å². The van der Waals surface area contributed by atoms with Crippen LogP contribution < -0.4 is 0 Å². The number of nitrogens with zero attached hydrogens (tertiary/aromatic N) is 1. The maximum atomic E-state index is 13.4. The van der Waals surface area contributed by atoms with Crippen LogP contribution in [-0.2, 0) is 16.0 Å². The molecular formula is C13H15F2NO2. The van der Waals surface area contributed by atoms with Gasteiger partial charge in [-0.2, -0.15) is 0 Å². The van der Waals surface area contributed by atoms with Crippen molar-refractivity contribution < 1.29 is 18.3 Å². The van der Waals surface area contributed by atoms with E-state index in [0.717, 1.165) is 18.7 Å². The van der Waals surface area contributed by atoms with Gasteiger partial charge in [0.05, 0.1) is 6.61 Å². The van der Waals surface area contributed by atoms with Crippen LogP contribution in [0.1, 0.15) is 5.56 Å². The zero-order valence-electron chi connectivity index (χ0n) is 10.2. The molecule has 98 valence electrons. The minimum Gasteiger partial charge on any atom is -0.368 e. The molecule has 0 radical (unpaired) electrons. The Morgan fingerprint density at radius 1 is 1.44 bits per heavy atom. The largest absolute Gasteiger partial charge is 0.368 e. The lowest BCUT2D eigenvalue weighted by molar-refractivity contribution is -0.134. The summed E-state index contributed by atoms with van der Waals surface area (Å²) in [6.07, 6.45) is -0.862. The lowest BCUT2D eigenvalue weighted by Gasteiger charge is -2.29. The molecule has 0 spiro atoms. The van der Waals surface area contributed by atoms with Gasteiger partial charge in [0.2, 0.25) is 0 Å². The second-order valence-electron chi connectivity index (χ2n) is 4.46. The highest BCUT2D eigenvalue weighted by atomic mass is 19.1. The van der Waals surface area contributed by atoms with Crippen molar-refractivity contribution in [3.05, 3.63) is 35.4 Å². The fourth-order valence-electron chi connectivity index (χ4n) is 1.96. The number of hydrogen-bond donors (Lipinski definition) is 0. The molecule has 2 rings (SSSR count). The molecule has 1 aliphatic rings. The summed E-state index contributed by atoms with van der Waals surface area (Å²) in [6, 6.07) is 3.59. The van der Waals surface area contributed by atoms with Gasteiger partial charge >= 0.3 is 0 Å². The first-order valence-electron chi connectivity index (χ1n) is 5.83. The van der Waals surface area contributed by atoms with Crippen LogP contribution >= 0.6 is 0 Å². The molecule has 1 fully saturated rings. The molecule has 0 N–H and O–H groups in total. The average Bonchev–Trinajstić information content (AvgIpc) is 2.34. The third-order valence-electron chi connectivity index (χ3n) is 3.04. The molecule has 1 aromatic rings. The molecule has 1 aromatic carbocycles. The molecule has 0 aromatic heterocycles. The lowest BCUT2D eigenvalue weighted by Crippen LogP contribution is -2.44. The van der Waals surface area contributed by atoms with E-state index in [9.17, 15) is 13.6 Å². The number of halogens is 2. The first-order chi connectivity index (χ1) is 8.58. The number of hydrogen-bond acceptors (Lipinski definition) is 3. The minimum atomic E-state index is -0.687. The average molecular weight is 255 g/mol. The fraction of sp³-hybridized carbons (Fsp3) is 0.462. The van der Waals surface area contributed by atoms with Gasteiger partial charge in [-0.3, -0.25) is 4.79 Å². The number of carbonyl (C=O) groups is 1. The van der Waals surface area contributed by atoms with E-state index in [2.05, 4.69) is 0 Å². The quantitative estimate of drug-likeness (QED) is 0.818. The molecular weight excluding hydrogens is 240 g/mol. The van der Waals surface area contributed by atoms with Crippen LogP contribution in [-0.4, -0.2) is 43.5 Å². The SMILES string of the molecule is CN1CCOC(C(=O)Cc2c(F)cccc2F)C1. The van der Waals surface area contributed by atoms with Crippen LogP contribution in [0.2, 0.25) is 0 Å². The van der Waals surface area contributed by atoms with Crippen molar-refractivity contribution in [2.24, 2.45) is 0 Å². The lowest BCUT2D eigenvalue weighted by atomic mass is 10.0. The van der Waals surface area contributed by atoms with E-state index in [-0.39, 0.29) is 17.8 Å². The number of Topliss-reactive ketones (excluding diaryl/α,β-unsaturated/α-hetero) is 1. The molecule has 1 unspecified atom stereocenters. The Bertz CT molecular complexity index is 430. The van der Waals surface area contributed by atoms with Crippen molar-refractivity contribution in [2.75, 3.05) is 26.7 Å². The van der Waals surface area contributed by atoms with Gasteiger partial charge in [0.25, 0.3) is 0 Å². The molecule has 18 heavy (non-hydrogen) atoms. The van der Waals surface area contributed by atoms with Gasteiger partial charge in [-0.25, -0.2) is 8.78 Å². The molecule has 1 aliphatic heterocycles. The van der Waals surface area contributed by atoms with Crippen LogP contribution in [0.4, 0.5) is 8.78 Å². The molecule has 1 heterocycles. The molecule has 3 nitrogen and oxygen atoms in total. The number of ether oxygens (including phenoxy) is 1. The maximum Gasteiger partial charge on any atom is 0.167 e. The monoisotopic (exact) mass is 255 g/mol. The highest BCUT2D eigenvalue weighted by Crippen LogP contribution is 2.15. The summed E-state index contributed by atoms with van der Waals surface area (Å²) in [5, 5.41) is 0. The molecule has 1 saturated heterocycles. The zero-order valence-corrected chi connectivity index (χ0v) is 10.2. The Morgan fingerprint density at radius 2 is 2.11 bits per heavy atom. The van der Waals surface area contributed by atoms with Gasteiger partial charge in [0, 0.05) is 25.1 Å². The van der Waals surface area contributed by atoms with Crippen molar-refractivity contribution in [1.29, 1.82) is 0 Å². The molecule has 0 saturated carbocycles. The summed E-state index contributed by atoms with van der Waals surface area (Å²) in [7, 11) is 1.88. The number of rotatable bonds is 3. The van der Waals surface area contributed by atoms with E-state index in [1.165, 1.54) is 6.07 Å². The Labute approximate surface area is 104 Å². The molecule has 0 aliphatic carbocycles. The summed E-state index contributed by atoms with van der Waals surface area (Å²) in [5.74, 6) is -1.66. The normalized spacial score (nSPS) is 20.9. The number of likely N-dealkylation sites (N-methyl/N-ethyl adjacent to an activating group) is 1. The maximum absolute atomic E-state index is 13.4. The second-order valence-corrected chi connectivity index (χ2v) is 4.46. The van der Waals surface area contributed by atoms with Gasteiger partial charge in [-0.15, -0.1) is 0 Å². The molecule has 5 heteroatoms. The molecule has 0 bridgehead atoms. The first kappa shape index (κ1) is 13.1. The van der Waals surface area contributed by atoms with E-state index >= 15 is 0 Å². The van der Waals surface area contributed by atoms with Crippen LogP contribution in [0, 0.1) is 11.6 Å². The van der Waals surface area contributed by atoms with Gasteiger partial charge in [-0.05, 0) is 19.2 Å². The van der Waals surface area contributed by atoms with Crippen molar-refractivity contribution in [3.8, 4) is 0 Å². The van der Waals surface area contributed by atoms with Crippen molar-refractivity contribution in [1.82, 2.24) is 4.90 Å². The summed E-state index contributed by atoms with van der Waals surface area (Å²) in [4.78, 5) is 13.9. The van der Waals surface area contributed by atoms with Crippen molar-refractivity contribution >= 4 is 5.78 Å². The third-order valence-corrected chi connectivity index (χ3v) is 3.04. The second kappa shape index (κ2) is 5.54. The Hall–Kier alpha value is -1.33. The molecule has 1 atom stereocenters. The van der Waals surface area contributed by atoms with Gasteiger partial charge < -0.3 is 9.64 Å². The summed E-state index contributed by atoms with van der Waals surface area (Å²) in [5.41, 5.74) is -0.181. The topological polar surface area (TPSA) is 29.5 Å². The predicted octanol–water partition coefficient (Wildman–Crippen LogP) is 1.41. The standard InChI is InChI=1S/C13H15F2NO2/c1-16-5-6-18-13(8-16)12(17)7-9-10(14)3-2-4-11(9)15/h2-4,13H,5-8H2,1H3. The zero-order chi connectivity index (χ0) is 13.1. The van der Waals surface area contributed by atoms with Gasteiger partial charge in [-0.1, -0.05) is 6.07 Å². The van der Waals surface area contributed by atoms with Crippen molar-refractivity contribution in [2.45, 2.75) is 12.5 Å². The Morgan fingerprint density at radius 3 is 2.72 bits per heavy atom. The van der Waals surface area contributed by atoms with Crippen LogP contribution in [0.15, 0.2) is 18.2 Å². The summed E-state index contributed by atoms with van der Waals surface area (Å²) in [6.45, 7) is 1.69. The van der Waals surface area contributed by atoms with Crippen LogP contribution in [0.3, 0.4) is 0 Å². The Balaban J connectivity index is 2.07. The third kappa shape index (κ3) is 2.91. The van der Waals surface area contributed by atoms with E-state index in [1.54, 1.807) is 0 Å². The van der Waals surface area contributed by atoms with Crippen molar-refractivity contribution in [3.63, 3.8) is 0 Å². The number of morpholine rings is 1. The van der Waals surface area contributed by atoms with Crippen LogP contribution in [0.25, 0.3) is 0 Å². The fourth-order valence-corrected chi connectivity index (χ4v) is 1.96. The number of ketones is 1. The summed E-state index contributed by atoms with van der Waals surface area (Å²) < 4.78 is 32.1. The summed E-state index contributed by atoms with van der Waals surface area (Å²) >= 11 is 0.